The standard InChI is InChI=1S/C20H23N3O5/c21-23-22-17-16(13-26-11-14-7-3-1-4-8-14)28-20(25)18(24)19(17)27-12-15-9-5-2-6-10-15/h1-10,16-20,24-25H,11-13H2/t16?,17-,18?,19?,20+/m0/s1. The molecule has 1 aliphatic rings. The molecule has 0 radical (unpaired) electrons. The molecule has 1 aliphatic heterocycles. The number of hydrogen-bond donors (Lipinski definition) is 2. The van der Waals surface area contributed by atoms with Gasteiger partial charge in [0.25, 0.3) is 0 Å². The Hall–Kier alpha value is -2.45. The highest BCUT2D eigenvalue weighted by Crippen LogP contribution is 2.26. The van der Waals surface area contributed by atoms with E-state index in [1.165, 1.54) is 0 Å². The van der Waals surface area contributed by atoms with Gasteiger partial charge >= 0.3 is 0 Å². The molecule has 0 aromatic heterocycles. The van der Waals surface area contributed by atoms with Gasteiger partial charge in [-0.2, -0.15) is 0 Å². The van der Waals surface area contributed by atoms with Gasteiger partial charge < -0.3 is 24.4 Å². The Morgan fingerprint density at radius 2 is 1.57 bits per heavy atom. The number of benzene rings is 2. The molecule has 1 fully saturated rings. The lowest BCUT2D eigenvalue weighted by Crippen LogP contribution is -2.58. The molecule has 3 rings (SSSR count). The van der Waals surface area contributed by atoms with Crippen LogP contribution in [0.5, 0.6) is 0 Å². The van der Waals surface area contributed by atoms with Crippen molar-refractivity contribution in [2.45, 2.75) is 43.9 Å². The van der Waals surface area contributed by atoms with Crippen LogP contribution in [0.15, 0.2) is 65.8 Å². The Morgan fingerprint density at radius 3 is 2.18 bits per heavy atom. The molecule has 8 nitrogen and oxygen atoms in total. The van der Waals surface area contributed by atoms with Crippen molar-refractivity contribution < 1.29 is 24.4 Å². The second-order valence-corrected chi connectivity index (χ2v) is 6.51. The third-order valence-corrected chi connectivity index (χ3v) is 4.52. The van der Waals surface area contributed by atoms with Crippen molar-refractivity contribution in [2.24, 2.45) is 5.11 Å². The van der Waals surface area contributed by atoms with Crippen molar-refractivity contribution in [1.29, 1.82) is 0 Å². The summed E-state index contributed by atoms with van der Waals surface area (Å²) in [5, 5.41) is 24.1. The van der Waals surface area contributed by atoms with Gasteiger partial charge in [0.1, 0.15) is 6.10 Å². The van der Waals surface area contributed by atoms with Gasteiger partial charge in [-0.3, -0.25) is 0 Å². The normalized spacial score (nSPS) is 27.1. The number of hydrogen-bond acceptors (Lipinski definition) is 6. The summed E-state index contributed by atoms with van der Waals surface area (Å²) in [7, 11) is 0. The summed E-state index contributed by atoms with van der Waals surface area (Å²) in [6.45, 7) is 0.621. The lowest BCUT2D eigenvalue weighted by Gasteiger charge is -2.41. The van der Waals surface area contributed by atoms with Gasteiger partial charge in [0, 0.05) is 4.91 Å². The maximum atomic E-state index is 10.3. The van der Waals surface area contributed by atoms with E-state index < -0.39 is 30.6 Å². The molecule has 148 valence electrons. The molecule has 0 amide bonds. The predicted molar refractivity (Wildman–Crippen MR) is 101 cm³/mol. The van der Waals surface area contributed by atoms with E-state index in [0.717, 1.165) is 11.1 Å². The molecule has 2 aromatic rings. The number of aliphatic hydroxyl groups is 2. The fourth-order valence-electron chi connectivity index (χ4n) is 3.08. The van der Waals surface area contributed by atoms with E-state index in [0.29, 0.717) is 6.61 Å². The summed E-state index contributed by atoms with van der Waals surface area (Å²) < 4.78 is 16.9. The first kappa shape index (κ1) is 20.3. The van der Waals surface area contributed by atoms with Crippen molar-refractivity contribution in [2.75, 3.05) is 6.61 Å². The Kier molecular flexibility index (Phi) is 7.39. The first-order chi connectivity index (χ1) is 13.7. The first-order valence-electron chi connectivity index (χ1n) is 9.02. The average Bonchev–Trinajstić information content (AvgIpc) is 2.73. The zero-order chi connectivity index (χ0) is 19.8. The Bertz CT molecular complexity index is 770. The van der Waals surface area contributed by atoms with Crippen LogP contribution in [0.1, 0.15) is 11.1 Å². The zero-order valence-corrected chi connectivity index (χ0v) is 15.2. The summed E-state index contributed by atoms with van der Waals surface area (Å²) in [5.74, 6) is 0. The molecule has 0 saturated carbocycles. The zero-order valence-electron chi connectivity index (χ0n) is 15.2. The lowest BCUT2D eigenvalue weighted by atomic mass is 9.97. The number of rotatable bonds is 8. The predicted octanol–water partition coefficient (Wildman–Crippen LogP) is 2.55. The van der Waals surface area contributed by atoms with Gasteiger partial charge in [0.2, 0.25) is 0 Å². The third kappa shape index (κ3) is 5.30. The van der Waals surface area contributed by atoms with Crippen LogP contribution in [-0.2, 0) is 27.4 Å². The van der Waals surface area contributed by atoms with Crippen molar-refractivity contribution in [3.05, 3.63) is 82.2 Å². The van der Waals surface area contributed by atoms with Crippen LogP contribution in [-0.4, -0.2) is 47.5 Å². The Morgan fingerprint density at radius 1 is 0.964 bits per heavy atom. The van der Waals surface area contributed by atoms with Crippen LogP contribution >= 0.6 is 0 Å². The quantitative estimate of drug-likeness (QED) is 0.411. The van der Waals surface area contributed by atoms with Crippen LogP contribution in [0.4, 0.5) is 0 Å². The van der Waals surface area contributed by atoms with Crippen LogP contribution in [0, 0.1) is 0 Å². The molecule has 28 heavy (non-hydrogen) atoms. The van der Waals surface area contributed by atoms with E-state index in [4.69, 9.17) is 19.7 Å². The van der Waals surface area contributed by atoms with E-state index >= 15 is 0 Å². The number of ether oxygens (including phenoxy) is 3. The maximum Gasteiger partial charge on any atom is 0.183 e. The summed E-state index contributed by atoms with van der Waals surface area (Å²) in [5.41, 5.74) is 10.8. The SMILES string of the molecule is [N-]=[N+]=N[C@H]1C(COCc2ccccc2)O[C@@H](O)C(O)C1OCc1ccccc1. The van der Waals surface area contributed by atoms with Crippen molar-refractivity contribution in [3.63, 3.8) is 0 Å². The van der Waals surface area contributed by atoms with E-state index in [1.54, 1.807) is 0 Å². The maximum absolute atomic E-state index is 10.3. The first-order valence-corrected chi connectivity index (χ1v) is 9.02. The highest BCUT2D eigenvalue weighted by atomic mass is 16.6. The summed E-state index contributed by atoms with van der Waals surface area (Å²) >= 11 is 0. The van der Waals surface area contributed by atoms with Gasteiger partial charge in [-0.05, 0) is 16.7 Å². The molecule has 1 heterocycles. The third-order valence-electron chi connectivity index (χ3n) is 4.52. The molecule has 1 saturated heterocycles. The van der Waals surface area contributed by atoms with E-state index in [1.807, 2.05) is 60.7 Å². The number of azide groups is 1. The molecule has 0 bridgehead atoms. The van der Waals surface area contributed by atoms with Gasteiger partial charge in [-0.25, -0.2) is 0 Å². The topological polar surface area (TPSA) is 117 Å². The second-order valence-electron chi connectivity index (χ2n) is 6.51. The van der Waals surface area contributed by atoms with Crippen LogP contribution < -0.4 is 0 Å². The summed E-state index contributed by atoms with van der Waals surface area (Å²) in [4.78, 5) is 2.86. The summed E-state index contributed by atoms with van der Waals surface area (Å²) in [6.07, 6.45) is -4.48. The van der Waals surface area contributed by atoms with Crippen molar-refractivity contribution >= 4 is 0 Å². The van der Waals surface area contributed by atoms with Gasteiger partial charge in [0.15, 0.2) is 6.29 Å². The largest absolute Gasteiger partial charge is 0.385 e. The Balaban J connectivity index is 1.65. The Labute approximate surface area is 162 Å². The average molecular weight is 385 g/mol. The fourth-order valence-corrected chi connectivity index (χ4v) is 3.08. The van der Waals surface area contributed by atoms with Crippen LogP contribution in [0.25, 0.3) is 10.4 Å². The molecule has 3 unspecified atom stereocenters. The molecule has 2 aromatic carbocycles. The number of nitrogens with zero attached hydrogens (tertiary/aromatic N) is 3. The van der Waals surface area contributed by atoms with Crippen LogP contribution in [0.3, 0.4) is 0 Å². The molecule has 0 spiro atoms. The molecular weight excluding hydrogens is 362 g/mol. The molecule has 2 N–H and O–H groups in total. The van der Waals surface area contributed by atoms with Crippen molar-refractivity contribution in [3.8, 4) is 0 Å². The van der Waals surface area contributed by atoms with Crippen LogP contribution in [0.2, 0.25) is 0 Å². The molecule has 5 atom stereocenters. The van der Waals surface area contributed by atoms with Crippen molar-refractivity contribution in [1.82, 2.24) is 0 Å². The molecule has 0 aliphatic carbocycles. The number of aliphatic hydroxyl groups excluding tert-OH is 2. The lowest BCUT2D eigenvalue weighted by molar-refractivity contribution is -0.270. The highest BCUT2D eigenvalue weighted by molar-refractivity contribution is 5.14. The minimum atomic E-state index is -1.46. The molecular formula is C20H23N3O5. The van der Waals surface area contributed by atoms with Gasteiger partial charge in [-0.15, -0.1) is 0 Å². The second kappa shape index (κ2) is 10.2. The van der Waals surface area contributed by atoms with E-state index in [2.05, 4.69) is 10.0 Å². The van der Waals surface area contributed by atoms with E-state index in [9.17, 15) is 10.2 Å². The fraction of sp³-hybridized carbons (Fsp3) is 0.400. The van der Waals surface area contributed by atoms with E-state index in [-0.39, 0.29) is 13.2 Å². The molecule has 8 heteroatoms. The van der Waals surface area contributed by atoms with Gasteiger partial charge in [-0.1, -0.05) is 65.8 Å². The minimum Gasteiger partial charge on any atom is -0.385 e. The highest BCUT2D eigenvalue weighted by Gasteiger charge is 2.45. The minimum absolute atomic E-state index is 0.0769. The van der Waals surface area contributed by atoms with Gasteiger partial charge in [0.05, 0.1) is 38.1 Å². The smallest absolute Gasteiger partial charge is 0.183 e. The summed E-state index contributed by atoms with van der Waals surface area (Å²) in [6, 6.07) is 18.1. The monoisotopic (exact) mass is 385 g/mol.